The summed E-state index contributed by atoms with van der Waals surface area (Å²) in [5.74, 6) is 0. The Morgan fingerprint density at radius 2 is 1.37 bits per heavy atom. The summed E-state index contributed by atoms with van der Waals surface area (Å²) < 4.78 is 45.8. The second-order valence-corrected chi connectivity index (χ2v) is 9.96. The molecule has 0 fully saturated rings. The Labute approximate surface area is 132 Å². The largest absolute Gasteiger partial charge is 0.261 e. The van der Waals surface area contributed by atoms with Crippen LogP contribution in [0.1, 0.15) is 0 Å². The molecule has 2 rings (SSSR count). The van der Waals surface area contributed by atoms with Gasteiger partial charge in [-0.2, -0.15) is 0 Å². The van der Waals surface area contributed by atoms with Crippen molar-refractivity contribution in [3.05, 3.63) is 33.9 Å². The van der Waals surface area contributed by atoms with E-state index in [1.807, 2.05) is 22.6 Å². The van der Waals surface area contributed by atoms with Crippen molar-refractivity contribution in [1.29, 1.82) is 0 Å². The summed E-state index contributed by atoms with van der Waals surface area (Å²) in [7, 11) is 2.79. The zero-order valence-corrected chi connectivity index (χ0v) is 14.3. The molecule has 0 aromatic heterocycles. The fraction of sp³-hybridized carbons (Fsp3) is 0. The summed E-state index contributed by atoms with van der Waals surface area (Å²) in [5.41, 5.74) is 0. The van der Waals surface area contributed by atoms with Crippen molar-refractivity contribution in [1.82, 2.24) is 0 Å². The molecular weight excluding hydrogens is 446 g/mol. The fourth-order valence-electron chi connectivity index (χ4n) is 1.57. The Hall–Kier alpha value is -0.0900. The second-order valence-electron chi connectivity index (χ2n) is 3.66. The van der Waals surface area contributed by atoms with Crippen LogP contribution < -0.4 is 0 Å². The summed E-state index contributed by atoms with van der Waals surface area (Å²) in [4.78, 5) is -0.184. The van der Waals surface area contributed by atoms with Gasteiger partial charge in [0.25, 0.3) is 18.1 Å². The minimum Gasteiger partial charge on any atom is -0.207 e. The fourth-order valence-corrected chi connectivity index (χ4v) is 4.19. The van der Waals surface area contributed by atoms with Gasteiger partial charge >= 0.3 is 0 Å². The van der Waals surface area contributed by atoms with Gasteiger partial charge in [-0.3, -0.25) is 0 Å². The predicted octanol–water partition coefficient (Wildman–Crippen LogP) is 3.30. The zero-order chi connectivity index (χ0) is 14.4. The number of hydrogen-bond acceptors (Lipinski definition) is 4. The van der Waals surface area contributed by atoms with Crippen LogP contribution in [0.5, 0.6) is 0 Å². The van der Waals surface area contributed by atoms with E-state index in [9.17, 15) is 16.8 Å². The molecule has 19 heavy (non-hydrogen) atoms. The van der Waals surface area contributed by atoms with Crippen LogP contribution in [0, 0.1) is 3.57 Å². The van der Waals surface area contributed by atoms with Crippen LogP contribution in [0.4, 0.5) is 0 Å². The van der Waals surface area contributed by atoms with Gasteiger partial charge in [-0.25, -0.2) is 16.8 Å². The van der Waals surface area contributed by atoms with E-state index in [1.165, 1.54) is 24.3 Å². The van der Waals surface area contributed by atoms with E-state index >= 15 is 0 Å². The van der Waals surface area contributed by atoms with E-state index in [-0.39, 0.29) is 9.79 Å². The first-order valence-corrected chi connectivity index (χ1v) is 10.4. The molecule has 0 amide bonds. The third-order valence-electron chi connectivity index (χ3n) is 2.41. The molecule has 9 heteroatoms. The molecular formula is C10H5Cl2IO4S2. The average molecular weight is 451 g/mol. The van der Waals surface area contributed by atoms with Crippen LogP contribution in [0.15, 0.2) is 40.1 Å². The summed E-state index contributed by atoms with van der Waals surface area (Å²) >= 11 is 1.95. The van der Waals surface area contributed by atoms with Crippen molar-refractivity contribution in [2.75, 3.05) is 0 Å². The van der Waals surface area contributed by atoms with Gasteiger partial charge in [-0.1, -0.05) is 6.07 Å². The third kappa shape index (κ3) is 3.33. The quantitative estimate of drug-likeness (QED) is 0.520. The molecule has 0 saturated carbocycles. The van der Waals surface area contributed by atoms with E-state index in [0.29, 0.717) is 14.3 Å². The number of benzene rings is 2. The molecule has 0 aliphatic heterocycles. The van der Waals surface area contributed by atoms with Crippen LogP contribution in [-0.4, -0.2) is 16.8 Å². The number of rotatable bonds is 2. The van der Waals surface area contributed by atoms with Crippen molar-refractivity contribution >= 4 is 72.8 Å². The monoisotopic (exact) mass is 450 g/mol. The summed E-state index contributed by atoms with van der Waals surface area (Å²) in [6, 6.07) is 6.97. The SMILES string of the molecule is O=S(=O)(Cl)c1ccc2c(I)cc(S(=O)(=O)Cl)cc2c1. The van der Waals surface area contributed by atoms with Crippen molar-refractivity contribution in [2.24, 2.45) is 0 Å². The molecule has 2 aromatic rings. The molecule has 0 atom stereocenters. The lowest BCUT2D eigenvalue weighted by Crippen LogP contribution is -1.94. The molecule has 0 aliphatic rings. The highest BCUT2D eigenvalue weighted by atomic mass is 127. The highest BCUT2D eigenvalue weighted by molar-refractivity contribution is 14.1. The highest BCUT2D eigenvalue weighted by Crippen LogP contribution is 2.29. The molecule has 0 heterocycles. The summed E-state index contributed by atoms with van der Waals surface area (Å²) in [6.07, 6.45) is 0. The second kappa shape index (κ2) is 5.03. The molecule has 0 aliphatic carbocycles. The molecule has 2 aromatic carbocycles. The lowest BCUT2D eigenvalue weighted by Gasteiger charge is -2.05. The van der Waals surface area contributed by atoms with Crippen molar-refractivity contribution < 1.29 is 16.8 Å². The van der Waals surface area contributed by atoms with E-state index in [0.717, 1.165) is 0 Å². The maximum Gasteiger partial charge on any atom is 0.261 e. The number of fused-ring (bicyclic) bond motifs is 1. The topological polar surface area (TPSA) is 68.3 Å². The van der Waals surface area contributed by atoms with Gasteiger partial charge < -0.3 is 0 Å². The number of hydrogen-bond donors (Lipinski definition) is 0. The molecule has 0 radical (unpaired) electrons. The van der Waals surface area contributed by atoms with Gasteiger partial charge in [0.1, 0.15) is 0 Å². The molecule has 0 bridgehead atoms. The summed E-state index contributed by atoms with van der Waals surface area (Å²) in [6.45, 7) is 0. The first kappa shape index (κ1) is 15.3. The van der Waals surface area contributed by atoms with Gasteiger partial charge in [0.2, 0.25) is 0 Å². The van der Waals surface area contributed by atoms with Crippen LogP contribution in [0.25, 0.3) is 10.8 Å². The highest BCUT2D eigenvalue weighted by Gasteiger charge is 2.15. The van der Waals surface area contributed by atoms with Crippen molar-refractivity contribution in [2.45, 2.75) is 9.79 Å². The Morgan fingerprint density at radius 1 is 0.842 bits per heavy atom. The van der Waals surface area contributed by atoms with Crippen LogP contribution in [-0.2, 0) is 18.1 Å². The Kier molecular flexibility index (Phi) is 4.05. The Morgan fingerprint density at radius 3 is 1.89 bits per heavy atom. The normalized spacial score (nSPS) is 12.8. The average Bonchev–Trinajstić information content (AvgIpc) is 2.25. The molecule has 4 nitrogen and oxygen atoms in total. The molecule has 0 saturated heterocycles. The van der Waals surface area contributed by atoms with Crippen LogP contribution in [0.2, 0.25) is 0 Å². The van der Waals surface area contributed by atoms with Crippen molar-refractivity contribution in [3.63, 3.8) is 0 Å². The minimum atomic E-state index is -3.88. The third-order valence-corrected chi connectivity index (χ3v) is 5.99. The standard InChI is InChI=1S/C10H5Cl2IO4S2/c11-18(14,15)7-1-2-9-6(3-7)4-8(5-10(9)13)19(12,16)17/h1-5H. The van der Waals surface area contributed by atoms with E-state index in [2.05, 4.69) is 0 Å². The first-order valence-electron chi connectivity index (χ1n) is 4.72. The molecule has 102 valence electrons. The van der Waals surface area contributed by atoms with Gasteiger partial charge in [-0.05, 0) is 57.6 Å². The maximum atomic E-state index is 11.3. The molecule has 0 unspecified atom stereocenters. The van der Waals surface area contributed by atoms with E-state index in [1.54, 1.807) is 6.07 Å². The predicted molar refractivity (Wildman–Crippen MR) is 82.7 cm³/mol. The molecule has 0 N–H and O–H groups in total. The zero-order valence-electron chi connectivity index (χ0n) is 8.97. The molecule has 0 spiro atoms. The van der Waals surface area contributed by atoms with Gasteiger partial charge in [-0.15, -0.1) is 0 Å². The van der Waals surface area contributed by atoms with E-state index in [4.69, 9.17) is 21.4 Å². The van der Waals surface area contributed by atoms with Gasteiger partial charge in [0.15, 0.2) is 0 Å². The van der Waals surface area contributed by atoms with Crippen LogP contribution >= 0.6 is 44.0 Å². The summed E-state index contributed by atoms with van der Waals surface area (Å²) in [5, 5.41) is 1.15. The Bertz CT molecular complexity index is 871. The van der Waals surface area contributed by atoms with Crippen LogP contribution in [0.3, 0.4) is 0 Å². The van der Waals surface area contributed by atoms with Crippen molar-refractivity contribution in [3.8, 4) is 0 Å². The maximum absolute atomic E-state index is 11.3. The van der Waals surface area contributed by atoms with Gasteiger partial charge in [0.05, 0.1) is 9.79 Å². The van der Waals surface area contributed by atoms with Gasteiger partial charge in [0, 0.05) is 24.9 Å². The lowest BCUT2D eigenvalue weighted by molar-refractivity contribution is 0.608. The smallest absolute Gasteiger partial charge is 0.207 e. The minimum absolute atomic E-state index is 0.0878. The lowest BCUT2D eigenvalue weighted by atomic mass is 10.1. The Balaban J connectivity index is 2.85. The number of halogens is 3. The first-order chi connectivity index (χ1) is 8.59. The van der Waals surface area contributed by atoms with E-state index < -0.39 is 18.1 Å².